The Morgan fingerprint density at radius 3 is 1.20 bits per heavy atom. The van der Waals surface area contributed by atoms with Crippen LogP contribution < -0.4 is 30.8 Å². The van der Waals surface area contributed by atoms with Gasteiger partial charge in [0.05, 0.1) is 5.69 Å². The van der Waals surface area contributed by atoms with Crippen LogP contribution in [0, 0.1) is 0 Å². The lowest BCUT2D eigenvalue weighted by atomic mass is 9.34. The van der Waals surface area contributed by atoms with Crippen LogP contribution >= 0.6 is 0 Å². The molecule has 4 aliphatic rings. The van der Waals surface area contributed by atoms with Crippen molar-refractivity contribution in [2.24, 2.45) is 0 Å². The van der Waals surface area contributed by atoms with Crippen LogP contribution in [0.3, 0.4) is 0 Å². The van der Waals surface area contributed by atoms with E-state index in [0.29, 0.717) is 0 Å². The zero-order chi connectivity index (χ0) is 40.1. The fraction of sp³-hybridized carbons (Fsp3) is 0.423. The third kappa shape index (κ3) is 5.37. The van der Waals surface area contributed by atoms with Crippen molar-refractivity contribution in [1.29, 1.82) is 0 Å². The molecule has 0 aromatic heterocycles. The highest BCUT2D eigenvalue weighted by atomic mass is 16.5. The standard InChI is InChI=1S/C52H60BNO2/c1-47(2,3)34-27-36-45(42-40(34)49(7,8)29-51(42,11)12)55-38-25-33(54(31-21-17-15-18-22-31)32-23-19-16-20-24-32)26-39-44(38)53(36)37-28-35(48(4,5)6)41-43(46(37)56-39)52(13,14)30-50(41,9)10/h15-28H,29-30H2,1-14H3. The Morgan fingerprint density at radius 2 is 0.839 bits per heavy atom. The summed E-state index contributed by atoms with van der Waals surface area (Å²) in [5.74, 6) is 3.89. The molecule has 0 radical (unpaired) electrons. The van der Waals surface area contributed by atoms with Crippen molar-refractivity contribution in [3.05, 3.63) is 118 Å². The first kappa shape index (κ1) is 37.2. The molecule has 2 heterocycles. The van der Waals surface area contributed by atoms with Gasteiger partial charge >= 0.3 is 0 Å². The second-order valence-corrected chi connectivity index (χ2v) is 22.1. The first-order valence-corrected chi connectivity index (χ1v) is 20.9. The van der Waals surface area contributed by atoms with Crippen molar-refractivity contribution < 1.29 is 9.47 Å². The lowest BCUT2D eigenvalue weighted by Crippen LogP contribution is -2.58. The molecule has 0 atom stereocenters. The van der Waals surface area contributed by atoms with Crippen molar-refractivity contribution in [2.75, 3.05) is 4.90 Å². The summed E-state index contributed by atoms with van der Waals surface area (Å²) in [5.41, 5.74) is 15.3. The van der Waals surface area contributed by atoms with Crippen LogP contribution in [0.15, 0.2) is 84.9 Å². The van der Waals surface area contributed by atoms with E-state index in [1.54, 1.807) is 0 Å². The van der Waals surface area contributed by atoms with Gasteiger partial charge in [0.25, 0.3) is 6.71 Å². The number of fused-ring (bicyclic) bond motifs is 8. The molecule has 9 rings (SSSR count). The molecule has 0 saturated heterocycles. The molecule has 0 saturated carbocycles. The van der Waals surface area contributed by atoms with Crippen LogP contribution in [-0.2, 0) is 32.5 Å². The Hall–Kier alpha value is -4.44. The molecule has 2 aliphatic carbocycles. The van der Waals surface area contributed by atoms with E-state index < -0.39 is 0 Å². The number of nitrogens with zero attached hydrogens (tertiary/aromatic N) is 1. The second kappa shape index (κ2) is 11.6. The molecule has 0 N–H and O–H groups in total. The molecule has 0 spiro atoms. The monoisotopic (exact) mass is 741 g/mol. The van der Waals surface area contributed by atoms with Crippen molar-refractivity contribution in [3.63, 3.8) is 0 Å². The molecule has 2 aliphatic heterocycles. The summed E-state index contributed by atoms with van der Waals surface area (Å²) in [6.07, 6.45) is 2.14. The molecular weight excluding hydrogens is 681 g/mol. The average Bonchev–Trinajstić information content (AvgIpc) is 3.42. The fourth-order valence-corrected chi connectivity index (χ4v) is 11.9. The first-order valence-electron chi connectivity index (χ1n) is 20.9. The molecule has 0 fully saturated rings. The van der Waals surface area contributed by atoms with Crippen LogP contribution in [0.25, 0.3) is 0 Å². The van der Waals surface area contributed by atoms with Crippen LogP contribution in [0.4, 0.5) is 17.1 Å². The number of para-hydroxylation sites is 2. The van der Waals surface area contributed by atoms with Gasteiger partial charge in [-0.05, 0) is 103 Å². The number of benzene rings is 5. The smallest absolute Gasteiger partial charge is 0.260 e. The second-order valence-electron chi connectivity index (χ2n) is 22.1. The Kier molecular flexibility index (Phi) is 7.69. The zero-order valence-electron chi connectivity index (χ0n) is 36.3. The molecule has 5 aromatic rings. The molecular formula is C52H60BNO2. The van der Waals surface area contributed by atoms with E-state index in [4.69, 9.17) is 9.47 Å². The van der Waals surface area contributed by atoms with E-state index in [9.17, 15) is 0 Å². The summed E-state index contributed by atoms with van der Waals surface area (Å²) in [6.45, 7) is 33.8. The molecule has 56 heavy (non-hydrogen) atoms. The third-order valence-electron chi connectivity index (χ3n) is 13.4. The molecule has 288 valence electrons. The molecule has 0 amide bonds. The lowest BCUT2D eigenvalue weighted by Gasteiger charge is -2.40. The fourth-order valence-electron chi connectivity index (χ4n) is 11.9. The summed E-state index contributed by atoms with van der Waals surface area (Å²) in [4.78, 5) is 2.34. The Bertz CT molecular complexity index is 2270. The molecule has 4 heteroatoms. The van der Waals surface area contributed by atoms with Crippen LogP contribution in [-0.4, -0.2) is 6.71 Å². The van der Waals surface area contributed by atoms with Gasteiger partial charge in [-0.15, -0.1) is 0 Å². The van der Waals surface area contributed by atoms with Crippen LogP contribution in [0.1, 0.15) is 143 Å². The van der Waals surface area contributed by atoms with Gasteiger partial charge in [-0.2, -0.15) is 0 Å². The Balaban J connectivity index is 1.42. The minimum Gasteiger partial charge on any atom is -0.458 e. The number of ether oxygens (including phenoxy) is 2. The first-order chi connectivity index (χ1) is 26.0. The third-order valence-corrected chi connectivity index (χ3v) is 13.4. The van der Waals surface area contributed by atoms with E-state index in [-0.39, 0.29) is 39.2 Å². The van der Waals surface area contributed by atoms with Gasteiger partial charge < -0.3 is 14.4 Å². The Morgan fingerprint density at radius 1 is 0.482 bits per heavy atom. The molecule has 3 nitrogen and oxygen atoms in total. The average molecular weight is 742 g/mol. The minimum atomic E-state index is -0.0727. The van der Waals surface area contributed by atoms with Gasteiger partial charge in [0.1, 0.15) is 23.0 Å². The predicted octanol–water partition coefficient (Wildman–Crippen LogP) is 12.4. The quantitative estimate of drug-likeness (QED) is 0.168. The van der Waals surface area contributed by atoms with Crippen molar-refractivity contribution in [3.8, 4) is 23.0 Å². The topological polar surface area (TPSA) is 21.7 Å². The van der Waals surface area contributed by atoms with Gasteiger partial charge in [-0.25, -0.2) is 0 Å². The SMILES string of the molecule is CC(C)(C)c1cc2c(c3c1C(C)(C)CC3(C)C)Oc1cc(N(c3ccccc3)c3ccccc3)cc3c1B2c1cc(C(C)(C)C)c2c(c1O3)C(C)(C)CC2(C)C. The van der Waals surface area contributed by atoms with Crippen molar-refractivity contribution >= 4 is 40.2 Å². The Labute approximate surface area is 336 Å². The van der Waals surface area contributed by atoms with Gasteiger partial charge in [0.2, 0.25) is 0 Å². The van der Waals surface area contributed by atoms with Crippen LogP contribution in [0.2, 0.25) is 0 Å². The molecule has 0 unspecified atom stereocenters. The van der Waals surface area contributed by atoms with Gasteiger partial charge in [-0.3, -0.25) is 0 Å². The maximum atomic E-state index is 7.50. The number of hydrogen-bond donors (Lipinski definition) is 0. The largest absolute Gasteiger partial charge is 0.458 e. The predicted molar refractivity (Wildman–Crippen MR) is 238 cm³/mol. The number of hydrogen-bond acceptors (Lipinski definition) is 3. The van der Waals surface area contributed by atoms with Crippen molar-refractivity contribution in [1.82, 2.24) is 0 Å². The number of anilines is 3. The maximum Gasteiger partial charge on any atom is 0.260 e. The highest BCUT2D eigenvalue weighted by molar-refractivity contribution is 6.98. The van der Waals surface area contributed by atoms with E-state index in [1.807, 2.05) is 0 Å². The summed E-state index contributed by atoms with van der Waals surface area (Å²) >= 11 is 0. The van der Waals surface area contributed by atoms with E-state index in [2.05, 4.69) is 187 Å². The number of rotatable bonds is 3. The molecule has 0 bridgehead atoms. The zero-order valence-corrected chi connectivity index (χ0v) is 36.3. The van der Waals surface area contributed by atoms with E-state index >= 15 is 0 Å². The normalized spacial score (nSPS) is 18.9. The summed E-state index contributed by atoms with van der Waals surface area (Å²) < 4.78 is 15.0. The summed E-state index contributed by atoms with van der Waals surface area (Å²) in [6, 6.07) is 31.0. The minimum absolute atomic E-state index is 0.00789. The highest BCUT2D eigenvalue weighted by Gasteiger charge is 2.54. The maximum absolute atomic E-state index is 7.50. The van der Waals surface area contributed by atoms with Crippen LogP contribution in [0.5, 0.6) is 23.0 Å². The highest BCUT2D eigenvalue weighted by Crippen LogP contribution is 2.59. The van der Waals surface area contributed by atoms with Gasteiger partial charge in [0, 0.05) is 40.1 Å². The van der Waals surface area contributed by atoms with E-state index in [1.165, 1.54) is 44.3 Å². The molecule has 5 aromatic carbocycles. The van der Waals surface area contributed by atoms with E-state index in [0.717, 1.165) is 58.4 Å². The lowest BCUT2D eigenvalue weighted by molar-refractivity contribution is 0.390. The van der Waals surface area contributed by atoms with Gasteiger partial charge in [-0.1, -0.05) is 145 Å². The van der Waals surface area contributed by atoms with Crippen molar-refractivity contribution in [2.45, 2.75) is 142 Å². The van der Waals surface area contributed by atoms with Gasteiger partial charge in [0.15, 0.2) is 0 Å². The summed E-state index contributed by atoms with van der Waals surface area (Å²) in [5, 5.41) is 0. The summed E-state index contributed by atoms with van der Waals surface area (Å²) in [7, 11) is 0.